The predicted octanol–water partition coefficient (Wildman–Crippen LogP) is 1.92. The molecule has 22 heavy (non-hydrogen) atoms. The number of nitrogens with zero attached hydrogens (tertiary/aromatic N) is 3. The van der Waals surface area contributed by atoms with Gasteiger partial charge < -0.3 is 15.7 Å². The first kappa shape index (κ1) is 15.0. The summed E-state index contributed by atoms with van der Waals surface area (Å²) in [7, 11) is 0. The van der Waals surface area contributed by atoms with Gasteiger partial charge in [-0.25, -0.2) is 4.98 Å². The normalized spacial score (nSPS) is 24.8. The van der Waals surface area contributed by atoms with E-state index in [1.165, 1.54) is 6.20 Å². The molecule has 0 aliphatic heterocycles. The van der Waals surface area contributed by atoms with Gasteiger partial charge in [0.1, 0.15) is 6.20 Å². The molecule has 0 bridgehead atoms. The lowest BCUT2D eigenvalue weighted by Crippen LogP contribution is -2.35. The van der Waals surface area contributed by atoms with Gasteiger partial charge in [0.15, 0.2) is 0 Å². The van der Waals surface area contributed by atoms with E-state index >= 15 is 0 Å². The Morgan fingerprint density at radius 2 is 2.05 bits per heavy atom. The topological polar surface area (TPSA) is 113 Å². The summed E-state index contributed by atoms with van der Waals surface area (Å²) in [6.45, 7) is 0.137. The molecular weight excluding hydrogens is 286 g/mol. The summed E-state index contributed by atoms with van der Waals surface area (Å²) in [5.41, 5.74) is -0.0974. The average molecular weight is 307 g/mol. The highest BCUT2D eigenvalue weighted by molar-refractivity contribution is 5.58. The van der Waals surface area contributed by atoms with Crippen LogP contribution in [0.15, 0.2) is 6.20 Å². The van der Waals surface area contributed by atoms with Crippen molar-refractivity contribution in [1.82, 2.24) is 9.97 Å². The largest absolute Gasteiger partial charge is 0.396 e. The van der Waals surface area contributed by atoms with Gasteiger partial charge in [0.2, 0.25) is 11.8 Å². The van der Waals surface area contributed by atoms with Gasteiger partial charge in [-0.05, 0) is 25.7 Å². The molecule has 0 saturated heterocycles. The summed E-state index contributed by atoms with van der Waals surface area (Å²) in [5.74, 6) is 0.854. The number of hydrogen-bond donors (Lipinski definition) is 3. The molecule has 0 amide bonds. The molecule has 1 heterocycles. The molecule has 120 valence electrons. The summed E-state index contributed by atoms with van der Waals surface area (Å²) in [6.07, 6.45) is 7.44. The van der Waals surface area contributed by atoms with Crippen LogP contribution in [0.1, 0.15) is 38.5 Å². The third-order valence-corrected chi connectivity index (χ3v) is 4.34. The van der Waals surface area contributed by atoms with Gasteiger partial charge in [-0.1, -0.05) is 12.8 Å². The molecule has 2 atom stereocenters. The van der Waals surface area contributed by atoms with Crippen molar-refractivity contribution in [2.24, 2.45) is 5.92 Å². The van der Waals surface area contributed by atoms with Gasteiger partial charge in [0.05, 0.1) is 4.92 Å². The second-order valence-electron chi connectivity index (χ2n) is 6.08. The summed E-state index contributed by atoms with van der Waals surface area (Å²) in [5, 5.41) is 26.8. The Morgan fingerprint density at radius 3 is 2.73 bits per heavy atom. The minimum Gasteiger partial charge on any atom is -0.396 e. The highest BCUT2D eigenvalue weighted by Gasteiger charge is 2.28. The molecule has 2 aliphatic carbocycles. The molecule has 0 radical (unpaired) electrons. The Labute approximate surface area is 128 Å². The molecule has 8 nitrogen and oxygen atoms in total. The number of anilines is 2. The lowest BCUT2D eigenvalue weighted by molar-refractivity contribution is -0.384. The van der Waals surface area contributed by atoms with Crippen LogP contribution < -0.4 is 10.6 Å². The highest BCUT2D eigenvalue weighted by Crippen LogP contribution is 2.31. The minimum absolute atomic E-state index is 0.0974. The van der Waals surface area contributed by atoms with E-state index in [-0.39, 0.29) is 36.1 Å². The molecule has 8 heteroatoms. The maximum absolute atomic E-state index is 11.1. The van der Waals surface area contributed by atoms with E-state index in [2.05, 4.69) is 20.6 Å². The van der Waals surface area contributed by atoms with E-state index in [0.717, 1.165) is 38.5 Å². The van der Waals surface area contributed by atoms with Crippen molar-refractivity contribution < 1.29 is 10.0 Å². The Balaban J connectivity index is 1.76. The molecule has 0 aromatic carbocycles. The van der Waals surface area contributed by atoms with E-state index in [9.17, 15) is 15.2 Å². The Morgan fingerprint density at radius 1 is 1.27 bits per heavy atom. The van der Waals surface area contributed by atoms with Gasteiger partial charge >= 0.3 is 5.69 Å². The van der Waals surface area contributed by atoms with Crippen LogP contribution in [-0.4, -0.2) is 38.7 Å². The quantitative estimate of drug-likeness (QED) is 0.543. The third kappa shape index (κ3) is 3.44. The Hall–Kier alpha value is -1.96. The monoisotopic (exact) mass is 307 g/mol. The zero-order valence-corrected chi connectivity index (χ0v) is 12.4. The van der Waals surface area contributed by atoms with Crippen LogP contribution in [0.5, 0.6) is 0 Å². The summed E-state index contributed by atoms with van der Waals surface area (Å²) >= 11 is 0. The van der Waals surface area contributed by atoms with Crippen molar-refractivity contribution in [1.29, 1.82) is 0 Å². The SMILES string of the molecule is O=[N+]([O-])c1cnc(N[C@H]2CCCC[C@H]2CO)nc1NC1CC1. The van der Waals surface area contributed by atoms with Gasteiger partial charge in [-0.3, -0.25) is 10.1 Å². The van der Waals surface area contributed by atoms with Gasteiger partial charge in [0, 0.05) is 24.6 Å². The lowest BCUT2D eigenvalue weighted by atomic mass is 9.85. The number of aliphatic hydroxyl groups is 1. The first-order valence-electron chi connectivity index (χ1n) is 7.82. The average Bonchev–Trinajstić information content (AvgIpc) is 3.32. The van der Waals surface area contributed by atoms with Crippen LogP contribution in [0.4, 0.5) is 17.5 Å². The van der Waals surface area contributed by atoms with Crippen LogP contribution in [0, 0.1) is 16.0 Å². The van der Waals surface area contributed by atoms with Crippen LogP contribution in [0.3, 0.4) is 0 Å². The standard InChI is InChI=1S/C14H21N5O3/c20-8-9-3-1-2-4-11(9)17-14-15-7-12(19(21)22)13(18-14)16-10-5-6-10/h7,9-11,20H,1-6,8H2,(H2,15,16,17,18)/t9-,11-/m0/s1. The van der Waals surface area contributed by atoms with Crippen LogP contribution in [0.2, 0.25) is 0 Å². The molecule has 2 fully saturated rings. The molecule has 1 aromatic heterocycles. The van der Waals surface area contributed by atoms with Crippen LogP contribution in [-0.2, 0) is 0 Å². The van der Waals surface area contributed by atoms with Gasteiger partial charge in [0.25, 0.3) is 0 Å². The molecular formula is C14H21N5O3. The molecule has 0 unspecified atom stereocenters. The van der Waals surface area contributed by atoms with E-state index in [4.69, 9.17) is 0 Å². The van der Waals surface area contributed by atoms with E-state index in [1.807, 2.05) is 0 Å². The molecule has 0 spiro atoms. The highest BCUT2D eigenvalue weighted by atomic mass is 16.6. The van der Waals surface area contributed by atoms with Crippen LogP contribution in [0.25, 0.3) is 0 Å². The fourth-order valence-electron chi connectivity index (χ4n) is 2.89. The van der Waals surface area contributed by atoms with E-state index in [1.54, 1.807) is 0 Å². The fraction of sp³-hybridized carbons (Fsp3) is 0.714. The van der Waals surface area contributed by atoms with Crippen molar-refractivity contribution in [2.75, 3.05) is 17.2 Å². The summed E-state index contributed by atoms with van der Waals surface area (Å²) in [4.78, 5) is 18.9. The van der Waals surface area contributed by atoms with Crippen molar-refractivity contribution in [3.8, 4) is 0 Å². The number of rotatable bonds is 6. The Bertz CT molecular complexity index is 549. The number of hydrogen-bond acceptors (Lipinski definition) is 7. The Kier molecular flexibility index (Phi) is 4.37. The molecule has 1 aromatic rings. The maximum Gasteiger partial charge on any atom is 0.329 e. The van der Waals surface area contributed by atoms with Crippen LogP contribution >= 0.6 is 0 Å². The summed E-state index contributed by atoms with van der Waals surface area (Å²) in [6, 6.07) is 0.398. The predicted molar refractivity (Wildman–Crippen MR) is 81.8 cm³/mol. The second-order valence-corrected chi connectivity index (χ2v) is 6.08. The van der Waals surface area contributed by atoms with Gasteiger partial charge in [-0.15, -0.1) is 0 Å². The smallest absolute Gasteiger partial charge is 0.329 e. The minimum atomic E-state index is -0.467. The second kappa shape index (κ2) is 6.43. The van der Waals surface area contributed by atoms with E-state index < -0.39 is 4.92 Å². The number of nitrogens with one attached hydrogen (secondary N) is 2. The molecule has 2 saturated carbocycles. The lowest BCUT2D eigenvalue weighted by Gasteiger charge is -2.30. The zero-order chi connectivity index (χ0) is 15.5. The first-order valence-corrected chi connectivity index (χ1v) is 7.82. The third-order valence-electron chi connectivity index (χ3n) is 4.34. The van der Waals surface area contributed by atoms with E-state index in [0.29, 0.717) is 5.95 Å². The molecule has 3 rings (SSSR count). The number of aliphatic hydroxyl groups excluding tert-OH is 1. The maximum atomic E-state index is 11.1. The first-order chi connectivity index (χ1) is 10.7. The zero-order valence-electron chi connectivity index (χ0n) is 12.4. The van der Waals surface area contributed by atoms with Crippen molar-refractivity contribution in [3.05, 3.63) is 16.3 Å². The number of aromatic nitrogens is 2. The van der Waals surface area contributed by atoms with Crippen molar-refractivity contribution in [2.45, 2.75) is 50.6 Å². The summed E-state index contributed by atoms with van der Waals surface area (Å²) < 4.78 is 0. The van der Waals surface area contributed by atoms with Crippen molar-refractivity contribution in [3.63, 3.8) is 0 Å². The fourth-order valence-corrected chi connectivity index (χ4v) is 2.89. The number of nitro groups is 1. The molecule has 3 N–H and O–H groups in total. The van der Waals surface area contributed by atoms with Gasteiger partial charge in [-0.2, -0.15) is 4.98 Å². The van der Waals surface area contributed by atoms with Crippen molar-refractivity contribution >= 4 is 17.5 Å². The molecule has 2 aliphatic rings.